The Bertz CT molecular complexity index is 260. The summed E-state index contributed by atoms with van der Waals surface area (Å²) in [6.07, 6.45) is 2.26. The SMILES string of the molecule is CCC(O)CCc1ccccc1Cl. The molecule has 0 bridgehead atoms. The van der Waals surface area contributed by atoms with Crippen molar-refractivity contribution in [1.29, 1.82) is 0 Å². The molecule has 2 heteroatoms. The monoisotopic (exact) mass is 198 g/mol. The third-order valence-corrected chi connectivity index (χ3v) is 2.54. The maximum Gasteiger partial charge on any atom is 0.0540 e. The van der Waals surface area contributed by atoms with Gasteiger partial charge in [-0.25, -0.2) is 0 Å². The Balaban J connectivity index is 2.50. The molecule has 0 saturated heterocycles. The summed E-state index contributed by atoms with van der Waals surface area (Å²) in [5, 5.41) is 10.2. The zero-order chi connectivity index (χ0) is 9.68. The Labute approximate surface area is 84.4 Å². The van der Waals surface area contributed by atoms with Gasteiger partial charge in [0.25, 0.3) is 0 Å². The quantitative estimate of drug-likeness (QED) is 0.789. The number of halogens is 1. The van der Waals surface area contributed by atoms with Gasteiger partial charge in [-0.2, -0.15) is 0 Å². The van der Waals surface area contributed by atoms with Crippen LogP contribution >= 0.6 is 11.6 Å². The lowest BCUT2D eigenvalue weighted by Gasteiger charge is -2.07. The first-order chi connectivity index (χ1) is 6.24. The average Bonchev–Trinajstić information content (AvgIpc) is 2.16. The molecule has 0 aromatic heterocycles. The fourth-order valence-electron chi connectivity index (χ4n) is 1.23. The number of benzene rings is 1. The van der Waals surface area contributed by atoms with Gasteiger partial charge in [0.05, 0.1) is 6.10 Å². The van der Waals surface area contributed by atoms with Gasteiger partial charge < -0.3 is 5.11 Å². The minimum atomic E-state index is -0.198. The fourth-order valence-corrected chi connectivity index (χ4v) is 1.46. The molecule has 1 aromatic carbocycles. The van der Waals surface area contributed by atoms with Gasteiger partial charge in [0.1, 0.15) is 0 Å². The Hall–Kier alpha value is -0.530. The number of hydrogen-bond donors (Lipinski definition) is 1. The predicted octanol–water partition coefficient (Wildman–Crippen LogP) is 3.04. The molecule has 0 heterocycles. The van der Waals surface area contributed by atoms with Crippen LogP contribution in [0.3, 0.4) is 0 Å². The summed E-state index contributed by atoms with van der Waals surface area (Å²) < 4.78 is 0. The molecule has 13 heavy (non-hydrogen) atoms. The van der Waals surface area contributed by atoms with E-state index in [0.717, 1.165) is 29.8 Å². The van der Waals surface area contributed by atoms with Crippen LogP contribution in [-0.2, 0) is 6.42 Å². The summed E-state index contributed by atoms with van der Waals surface area (Å²) in [4.78, 5) is 0. The lowest BCUT2D eigenvalue weighted by Crippen LogP contribution is -2.05. The van der Waals surface area contributed by atoms with E-state index in [2.05, 4.69) is 0 Å². The van der Waals surface area contributed by atoms with E-state index >= 15 is 0 Å². The van der Waals surface area contributed by atoms with E-state index in [1.54, 1.807) is 0 Å². The number of aliphatic hydroxyl groups is 1. The molecule has 0 saturated carbocycles. The first-order valence-corrected chi connectivity index (χ1v) is 5.03. The van der Waals surface area contributed by atoms with Gasteiger partial charge in [-0.05, 0) is 30.9 Å². The second-order valence-corrected chi connectivity index (χ2v) is 3.60. The molecule has 1 unspecified atom stereocenters. The van der Waals surface area contributed by atoms with Gasteiger partial charge in [0, 0.05) is 5.02 Å². The summed E-state index contributed by atoms with van der Waals surface area (Å²) in [5.41, 5.74) is 1.12. The van der Waals surface area contributed by atoms with Crippen LogP contribution in [0.15, 0.2) is 24.3 Å². The zero-order valence-electron chi connectivity index (χ0n) is 7.83. The standard InChI is InChI=1S/C11H15ClO/c1-2-10(13)8-7-9-5-3-4-6-11(9)12/h3-6,10,13H,2,7-8H2,1H3. The highest BCUT2D eigenvalue weighted by Gasteiger charge is 2.03. The van der Waals surface area contributed by atoms with Crippen molar-refractivity contribution < 1.29 is 5.11 Å². The highest BCUT2D eigenvalue weighted by atomic mass is 35.5. The zero-order valence-corrected chi connectivity index (χ0v) is 8.59. The summed E-state index contributed by atoms with van der Waals surface area (Å²) >= 11 is 5.97. The maximum absolute atomic E-state index is 9.37. The van der Waals surface area contributed by atoms with E-state index in [1.165, 1.54) is 0 Å². The van der Waals surface area contributed by atoms with Gasteiger partial charge in [-0.1, -0.05) is 36.7 Å². The minimum Gasteiger partial charge on any atom is -0.393 e. The van der Waals surface area contributed by atoms with Crippen molar-refractivity contribution >= 4 is 11.6 Å². The topological polar surface area (TPSA) is 20.2 Å². The normalized spacial score (nSPS) is 12.8. The molecule has 0 aliphatic carbocycles. The molecule has 1 aromatic rings. The van der Waals surface area contributed by atoms with Gasteiger partial charge in [0.15, 0.2) is 0 Å². The number of rotatable bonds is 4. The molecule has 0 amide bonds. The molecular weight excluding hydrogens is 184 g/mol. The van der Waals surface area contributed by atoms with Crippen LogP contribution in [0.4, 0.5) is 0 Å². The average molecular weight is 199 g/mol. The van der Waals surface area contributed by atoms with Crippen molar-refractivity contribution in [1.82, 2.24) is 0 Å². The number of aliphatic hydroxyl groups excluding tert-OH is 1. The molecule has 0 fully saturated rings. The molecule has 0 aliphatic rings. The summed E-state index contributed by atoms with van der Waals surface area (Å²) in [6.45, 7) is 1.98. The molecule has 72 valence electrons. The highest BCUT2D eigenvalue weighted by Crippen LogP contribution is 2.17. The molecule has 1 nitrogen and oxygen atoms in total. The molecular formula is C11H15ClO. The molecule has 1 N–H and O–H groups in total. The Kier molecular flexibility index (Phi) is 4.26. The number of hydrogen-bond acceptors (Lipinski definition) is 1. The molecule has 0 aliphatic heterocycles. The largest absolute Gasteiger partial charge is 0.393 e. The van der Waals surface area contributed by atoms with Crippen LogP contribution in [0, 0.1) is 0 Å². The molecule has 0 radical (unpaired) electrons. The van der Waals surface area contributed by atoms with Crippen LogP contribution in [0.1, 0.15) is 25.3 Å². The van der Waals surface area contributed by atoms with E-state index in [1.807, 2.05) is 31.2 Å². The lowest BCUT2D eigenvalue weighted by atomic mass is 10.1. The van der Waals surface area contributed by atoms with Gasteiger partial charge in [0.2, 0.25) is 0 Å². The summed E-state index contributed by atoms with van der Waals surface area (Å²) in [7, 11) is 0. The summed E-state index contributed by atoms with van der Waals surface area (Å²) in [5.74, 6) is 0. The van der Waals surface area contributed by atoms with Crippen molar-refractivity contribution in [2.24, 2.45) is 0 Å². The fraction of sp³-hybridized carbons (Fsp3) is 0.455. The highest BCUT2D eigenvalue weighted by molar-refractivity contribution is 6.31. The van der Waals surface area contributed by atoms with E-state index in [9.17, 15) is 5.11 Å². The smallest absolute Gasteiger partial charge is 0.0540 e. The van der Waals surface area contributed by atoms with E-state index < -0.39 is 0 Å². The van der Waals surface area contributed by atoms with Crippen LogP contribution in [0.5, 0.6) is 0 Å². The van der Waals surface area contributed by atoms with Crippen LogP contribution < -0.4 is 0 Å². The Morgan fingerprint density at radius 3 is 2.69 bits per heavy atom. The van der Waals surface area contributed by atoms with Gasteiger partial charge in [-0.3, -0.25) is 0 Å². The number of aryl methyl sites for hydroxylation is 1. The molecule has 1 rings (SSSR count). The first-order valence-electron chi connectivity index (χ1n) is 4.65. The third kappa shape index (κ3) is 3.37. The first kappa shape index (κ1) is 10.6. The van der Waals surface area contributed by atoms with E-state index in [4.69, 9.17) is 11.6 Å². The van der Waals surface area contributed by atoms with Crippen molar-refractivity contribution in [3.63, 3.8) is 0 Å². The minimum absolute atomic E-state index is 0.198. The van der Waals surface area contributed by atoms with Gasteiger partial charge >= 0.3 is 0 Å². The van der Waals surface area contributed by atoms with Crippen LogP contribution in [0.2, 0.25) is 5.02 Å². The van der Waals surface area contributed by atoms with Crippen LogP contribution in [0.25, 0.3) is 0 Å². The van der Waals surface area contributed by atoms with Crippen molar-refractivity contribution in [2.45, 2.75) is 32.3 Å². The van der Waals surface area contributed by atoms with Crippen molar-refractivity contribution in [3.05, 3.63) is 34.9 Å². The maximum atomic E-state index is 9.37. The molecule has 1 atom stereocenters. The lowest BCUT2D eigenvalue weighted by molar-refractivity contribution is 0.160. The third-order valence-electron chi connectivity index (χ3n) is 2.18. The Morgan fingerprint density at radius 1 is 1.38 bits per heavy atom. The van der Waals surface area contributed by atoms with E-state index in [-0.39, 0.29) is 6.10 Å². The predicted molar refractivity (Wildman–Crippen MR) is 56.1 cm³/mol. The van der Waals surface area contributed by atoms with Crippen molar-refractivity contribution in [2.75, 3.05) is 0 Å². The van der Waals surface area contributed by atoms with E-state index in [0.29, 0.717) is 0 Å². The van der Waals surface area contributed by atoms with Gasteiger partial charge in [-0.15, -0.1) is 0 Å². The second-order valence-electron chi connectivity index (χ2n) is 3.19. The Morgan fingerprint density at radius 2 is 2.08 bits per heavy atom. The molecule has 0 spiro atoms. The van der Waals surface area contributed by atoms with Crippen LogP contribution in [-0.4, -0.2) is 11.2 Å². The van der Waals surface area contributed by atoms with Crippen molar-refractivity contribution in [3.8, 4) is 0 Å². The summed E-state index contributed by atoms with van der Waals surface area (Å²) in [6, 6.07) is 7.78. The second kappa shape index (κ2) is 5.25.